The number of benzene rings is 1. The Balaban J connectivity index is 3.13. The number of rotatable bonds is 2. The zero-order valence-electron chi connectivity index (χ0n) is 6.75. The van der Waals surface area contributed by atoms with Gasteiger partial charge in [0.05, 0.1) is 6.61 Å². The monoisotopic (exact) mass is 164 g/mol. The van der Waals surface area contributed by atoms with Crippen molar-refractivity contribution in [1.29, 1.82) is 0 Å². The third-order valence-electron chi connectivity index (χ3n) is 1.65. The molecule has 0 aliphatic rings. The van der Waals surface area contributed by atoms with Crippen LogP contribution >= 0.6 is 0 Å². The first-order valence-electron chi connectivity index (χ1n) is 3.59. The van der Waals surface area contributed by atoms with Crippen molar-refractivity contribution in [3.63, 3.8) is 0 Å². The van der Waals surface area contributed by atoms with E-state index in [4.69, 9.17) is 16.6 Å². The molecule has 1 rings (SSSR count). The first-order valence-corrected chi connectivity index (χ1v) is 3.59. The van der Waals surface area contributed by atoms with Crippen molar-refractivity contribution in [1.82, 2.24) is 0 Å². The third-order valence-corrected chi connectivity index (χ3v) is 1.65. The molecule has 5 N–H and O–H groups in total. The Hall–Kier alpha value is -1.48. The van der Waals surface area contributed by atoms with Crippen LogP contribution in [0.4, 0.5) is 11.4 Å². The van der Waals surface area contributed by atoms with E-state index in [-0.39, 0.29) is 6.61 Å². The van der Waals surface area contributed by atoms with Crippen molar-refractivity contribution in [2.75, 3.05) is 18.1 Å². The molecule has 1 aromatic rings. The van der Waals surface area contributed by atoms with Crippen molar-refractivity contribution in [2.24, 2.45) is 0 Å². The predicted molar refractivity (Wildman–Crippen MR) is 51.4 cm³/mol. The number of aliphatic hydroxyl groups is 1. The topological polar surface area (TPSA) is 72.3 Å². The van der Waals surface area contributed by atoms with Crippen LogP contribution in [0.5, 0.6) is 0 Å². The van der Waals surface area contributed by atoms with Crippen LogP contribution in [0.3, 0.4) is 0 Å². The smallest absolute Gasteiger partial charge is 0.0682 e. The van der Waals surface area contributed by atoms with Crippen LogP contribution in [0, 0.1) is 0 Å². The summed E-state index contributed by atoms with van der Waals surface area (Å²) in [5.41, 5.74) is 13.7. The SMILES string of the molecule is C=C(CO)c1cc(N)ccc1N. The zero-order valence-corrected chi connectivity index (χ0v) is 6.75. The van der Waals surface area contributed by atoms with Crippen molar-refractivity contribution >= 4 is 16.9 Å². The molecule has 0 amide bonds. The van der Waals surface area contributed by atoms with Gasteiger partial charge in [-0.05, 0) is 23.8 Å². The van der Waals surface area contributed by atoms with E-state index in [9.17, 15) is 0 Å². The Morgan fingerprint density at radius 1 is 1.42 bits per heavy atom. The molecule has 0 aliphatic heterocycles. The van der Waals surface area contributed by atoms with E-state index in [1.807, 2.05) is 0 Å². The van der Waals surface area contributed by atoms with Gasteiger partial charge < -0.3 is 16.6 Å². The van der Waals surface area contributed by atoms with E-state index >= 15 is 0 Å². The van der Waals surface area contributed by atoms with E-state index in [0.717, 1.165) is 5.56 Å². The second kappa shape index (κ2) is 3.28. The van der Waals surface area contributed by atoms with E-state index in [1.54, 1.807) is 18.2 Å². The standard InChI is InChI=1S/C9H12N2O/c1-6(5-12)8-4-7(10)2-3-9(8)11/h2-4,12H,1,5,10-11H2. The van der Waals surface area contributed by atoms with Gasteiger partial charge in [-0.25, -0.2) is 0 Å². The van der Waals surface area contributed by atoms with Gasteiger partial charge in [0.2, 0.25) is 0 Å². The van der Waals surface area contributed by atoms with Crippen molar-refractivity contribution in [2.45, 2.75) is 0 Å². The average molecular weight is 164 g/mol. The fourth-order valence-corrected chi connectivity index (χ4v) is 0.965. The molecule has 0 saturated heterocycles. The summed E-state index contributed by atoms with van der Waals surface area (Å²) in [6, 6.07) is 5.11. The minimum Gasteiger partial charge on any atom is -0.399 e. The lowest BCUT2D eigenvalue weighted by atomic mass is 10.1. The number of anilines is 2. The predicted octanol–water partition coefficient (Wildman–Crippen LogP) is 0.857. The molecule has 3 heteroatoms. The van der Waals surface area contributed by atoms with Crippen LogP contribution in [0.2, 0.25) is 0 Å². The Bertz CT molecular complexity index is 307. The minimum atomic E-state index is -0.104. The second-order valence-electron chi connectivity index (χ2n) is 2.61. The molecule has 0 atom stereocenters. The molecule has 0 bridgehead atoms. The van der Waals surface area contributed by atoms with E-state index in [0.29, 0.717) is 16.9 Å². The molecule has 3 nitrogen and oxygen atoms in total. The molecular formula is C9H12N2O. The van der Waals surface area contributed by atoms with Crippen molar-refractivity contribution in [3.05, 3.63) is 30.3 Å². The molecule has 1 aromatic carbocycles. The molecule has 0 saturated carbocycles. The zero-order chi connectivity index (χ0) is 9.14. The third kappa shape index (κ3) is 1.57. The van der Waals surface area contributed by atoms with Gasteiger partial charge in [0.15, 0.2) is 0 Å². The Morgan fingerprint density at radius 3 is 2.67 bits per heavy atom. The summed E-state index contributed by atoms with van der Waals surface area (Å²) in [4.78, 5) is 0. The first kappa shape index (κ1) is 8.62. The van der Waals surface area contributed by atoms with E-state index in [1.165, 1.54) is 0 Å². The summed E-state index contributed by atoms with van der Waals surface area (Å²) in [7, 11) is 0. The van der Waals surface area contributed by atoms with Crippen LogP contribution in [0.25, 0.3) is 5.57 Å². The van der Waals surface area contributed by atoms with Gasteiger partial charge in [-0.1, -0.05) is 6.58 Å². The molecule has 64 valence electrons. The van der Waals surface area contributed by atoms with Crippen LogP contribution in [-0.4, -0.2) is 11.7 Å². The summed E-state index contributed by atoms with van der Waals surface area (Å²) < 4.78 is 0. The summed E-state index contributed by atoms with van der Waals surface area (Å²) in [6.07, 6.45) is 0. The lowest BCUT2D eigenvalue weighted by Crippen LogP contribution is -1.97. The fraction of sp³-hybridized carbons (Fsp3) is 0.111. The molecule has 0 radical (unpaired) electrons. The lowest BCUT2D eigenvalue weighted by Gasteiger charge is -2.06. The maximum Gasteiger partial charge on any atom is 0.0682 e. The van der Waals surface area contributed by atoms with Gasteiger partial charge in [0, 0.05) is 16.9 Å². The van der Waals surface area contributed by atoms with Gasteiger partial charge in [-0.3, -0.25) is 0 Å². The number of nitrogen functional groups attached to an aromatic ring is 2. The highest BCUT2D eigenvalue weighted by Gasteiger charge is 2.02. The number of hydrogen-bond donors (Lipinski definition) is 3. The molecule has 12 heavy (non-hydrogen) atoms. The molecule has 0 unspecified atom stereocenters. The summed E-state index contributed by atoms with van der Waals surface area (Å²) in [6.45, 7) is 3.56. The molecular weight excluding hydrogens is 152 g/mol. The van der Waals surface area contributed by atoms with Gasteiger partial charge in [-0.2, -0.15) is 0 Å². The van der Waals surface area contributed by atoms with Gasteiger partial charge >= 0.3 is 0 Å². The highest BCUT2D eigenvalue weighted by atomic mass is 16.3. The summed E-state index contributed by atoms with van der Waals surface area (Å²) in [5.74, 6) is 0. The van der Waals surface area contributed by atoms with E-state index < -0.39 is 0 Å². The van der Waals surface area contributed by atoms with Gasteiger partial charge in [-0.15, -0.1) is 0 Å². The van der Waals surface area contributed by atoms with Crippen LogP contribution in [0.15, 0.2) is 24.8 Å². The molecule has 0 heterocycles. The molecule has 0 spiro atoms. The largest absolute Gasteiger partial charge is 0.399 e. The summed E-state index contributed by atoms with van der Waals surface area (Å²) in [5, 5.41) is 8.81. The van der Waals surface area contributed by atoms with Crippen LogP contribution in [-0.2, 0) is 0 Å². The summed E-state index contributed by atoms with van der Waals surface area (Å²) >= 11 is 0. The maximum atomic E-state index is 8.81. The molecule has 0 aliphatic carbocycles. The normalized spacial score (nSPS) is 9.75. The van der Waals surface area contributed by atoms with Crippen molar-refractivity contribution < 1.29 is 5.11 Å². The average Bonchev–Trinajstić information content (AvgIpc) is 2.08. The van der Waals surface area contributed by atoms with Gasteiger partial charge in [0.25, 0.3) is 0 Å². The second-order valence-corrected chi connectivity index (χ2v) is 2.61. The first-order chi connectivity index (χ1) is 5.65. The minimum absolute atomic E-state index is 0.104. The molecule has 0 fully saturated rings. The van der Waals surface area contributed by atoms with Crippen LogP contribution < -0.4 is 11.5 Å². The van der Waals surface area contributed by atoms with Crippen LogP contribution in [0.1, 0.15) is 5.56 Å². The quantitative estimate of drug-likeness (QED) is 0.567. The number of hydrogen-bond acceptors (Lipinski definition) is 3. The number of aliphatic hydroxyl groups excluding tert-OH is 1. The highest BCUT2D eigenvalue weighted by Crippen LogP contribution is 2.21. The van der Waals surface area contributed by atoms with E-state index in [2.05, 4.69) is 6.58 Å². The Kier molecular flexibility index (Phi) is 2.35. The molecule has 0 aromatic heterocycles. The Morgan fingerprint density at radius 2 is 2.08 bits per heavy atom. The highest BCUT2D eigenvalue weighted by molar-refractivity contribution is 5.76. The maximum absolute atomic E-state index is 8.81. The van der Waals surface area contributed by atoms with Gasteiger partial charge in [0.1, 0.15) is 0 Å². The Labute approximate surface area is 71.3 Å². The number of nitrogens with two attached hydrogens (primary N) is 2. The fourth-order valence-electron chi connectivity index (χ4n) is 0.965. The lowest BCUT2D eigenvalue weighted by molar-refractivity contribution is 0.350. The van der Waals surface area contributed by atoms with Crippen molar-refractivity contribution in [3.8, 4) is 0 Å².